The van der Waals surface area contributed by atoms with Gasteiger partial charge in [-0.2, -0.15) is 0 Å². The van der Waals surface area contributed by atoms with Crippen molar-refractivity contribution in [3.8, 4) is 0 Å². The van der Waals surface area contributed by atoms with Crippen LogP contribution in [-0.4, -0.2) is 12.0 Å². The van der Waals surface area contributed by atoms with Crippen LogP contribution in [0.15, 0.2) is 51.8 Å². The van der Waals surface area contributed by atoms with Gasteiger partial charge in [-0.1, -0.05) is 46.3 Å². The van der Waals surface area contributed by atoms with Crippen LogP contribution in [0.1, 0.15) is 15.9 Å². The van der Waals surface area contributed by atoms with E-state index in [1.54, 1.807) is 36.6 Å². The number of thioether (sulfide) groups is 1. The Morgan fingerprint density at radius 2 is 1.89 bits per heavy atom. The van der Waals surface area contributed by atoms with E-state index in [9.17, 15) is 9.18 Å². The first-order valence-electron chi connectivity index (χ1n) is 5.26. The fourth-order valence-electron chi connectivity index (χ4n) is 1.62. The lowest BCUT2D eigenvalue weighted by molar-refractivity contribution is 0.103. The summed E-state index contributed by atoms with van der Waals surface area (Å²) in [4.78, 5) is 12.7. The third kappa shape index (κ3) is 2.65. The van der Waals surface area contributed by atoms with Crippen LogP contribution in [-0.2, 0) is 0 Å². The van der Waals surface area contributed by atoms with E-state index in [0.717, 1.165) is 0 Å². The first-order chi connectivity index (χ1) is 8.63. The number of rotatable bonds is 3. The molecule has 1 nitrogen and oxygen atoms in total. The molecule has 92 valence electrons. The molecule has 0 radical (unpaired) electrons. The molecule has 0 N–H and O–H groups in total. The van der Waals surface area contributed by atoms with Crippen molar-refractivity contribution < 1.29 is 9.18 Å². The first-order valence-corrected chi connectivity index (χ1v) is 7.28. The maximum atomic E-state index is 14.1. The molecule has 0 bridgehead atoms. The summed E-state index contributed by atoms with van der Waals surface area (Å²) in [6, 6.07) is 11.9. The van der Waals surface area contributed by atoms with Crippen molar-refractivity contribution in [3.05, 3.63) is 63.9 Å². The van der Waals surface area contributed by atoms with Gasteiger partial charge in [0.05, 0.1) is 5.56 Å². The number of benzene rings is 2. The van der Waals surface area contributed by atoms with E-state index in [0.29, 0.717) is 14.9 Å². The van der Waals surface area contributed by atoms with E-state index in [-0.39, 0.29) is 11.3 Å². The highest BCUT2D eigenvalue weighted by Gasteiger charge is 2.17. The van der Waals surface area contributed by atoms with Crippen molar-refractivity contribution in [1.29, 1.82) is 0 Å². The van der Waals surface area contributed by atoms with Gasteiger partial charge in [0.2, 0.25) is 0 Å². The number of ketones is 1. The molecule has 2 aromatic rings. The summed E-state index contributed by atoms with van der Waals surface area (Å²) < 4.78 is 14.8. The Hall–Kier alpha value is -1.13. The lowest BCUT2D eigenvalue weighted by atomic mass is 10.0. The lowest BCUT2D eigenvalue weighted by Gasteiger charge is -2.07. The van der Waals surface area contributed by atoms with Gasteiger partial charge in [0, 0.05) is 14.9 Å². The van der Waals surface area contributed by atoms with E-state index in [1.165, 1.54) is 17.8 Å². The minimum absolute atomic E-state index is 0.0972. The Morgan fingerprint density at radius 3 is 2.50 bits per heavy atom. The molecule has 0 heterocycles. The molecule has 2 aromatic carbocycles. The molecule has 4 heteroatoms. The molecule has 0 aliphatic rings. The van der Waals surface area contributed by atoms with Gasteiger partial charge in [-0.15, -0.1) is 11.8 Å². The number of halogens is 2. The summed E-state index contributed by atoms with van der Waals surface area (Å²) in [6.07, 6.45) is 1.78. The van der Waals surface area contributed by atoms with E-state index >= 15 is 0 Å². The number of carbonyl (C=O) groups excluding carboxylic acids is 1. The molecule has 0 amide bonds. The Bertz CT molecular complexity index is 584. The molecule has 0 unspecified atom stereocenters. The van der Waals surface area contributed by atoms with Crippen molar-refractivity contribution in [2.24, 2.45) is 0 Å². The molecule has 0 fully saturated rings. The molecular weight excluding hydrogens is 315 g/mol. The van der Waals surface area contributed by atoms with E-state index < -0.39 is 5.82 Å². The van der Waals surface area contributed by atoms with Crippen LogP contribution in [0.5, 0.6) is 0 Å². The highest BCUT2D eigenvalue weighted by molar-refractivity contribution is 9.10. The van der Waals surface area contributed by atoms with Gasteiger partial charge in [0.25, 0.3) is 0 Å². The van der Waals surface area contributed by atoms with Crippen LogP contribution in [0.25, 0.3) is 0 Å². The van der Waals surface area contributed by atoms with Crippen molar-refractivity contribution in [2.75, 3.05) is 6.26 Å². The molecule has 0 spiro atoms. The molecule has 0 aliphatic carbocycles. The second-order valence-electron chi connectivity index (χ2n) is 3.66. The SMILES string of the molecule is CSc1cc(Br)cc(C(=O)c2ccccc2)c1F. The summed E-state index contributed by atoms with van der Waals surface area (Å²) in [6.45, 7) is 0. The Balaban J connectivity index is 2.52. The smallest absolute Gasteiger partial charge is 0.196 e. The van der Waals surface area contributed by atoms with Crippen molar-refractivity contribution >= 4 is 33.5 Å². The summed E-state index contributed by atoms with van der Waals surface area (Å²) in [7, 11) is 0. The van der Waals surface area contributed by atoms with Gasteiger partial charge in [0.15, 0.2) is 5.78 Å². The molecule has 0 saturated carbocycles. The standard InChI is InChI=1S/C14H10BrFOS/c1-18-12-8-10(15)7-11(13(12)16)14(17)9-5-3-2-4-6-9/h2-8H,1H3. The minimum atomic E-state index is -0.459. The number of hydrogen-bond donors (Lipinski definition) is 0. The first kappa shape index (κ1) is 13.3. The fourth-order valence-corrected chi connectivity index (χ4v) is 2.77. The van der Waals surface area contributed by atoms with E-state index in [2.05, 4.69) is 15.9 Å². The van der Waals surface area contributed by atoms with Gasteiger partial charge >= 0.3 is 0 Å². The van der Waals surface area contributed by atoms with E-state index in [4.69, 9.17) is 0 Å². The van der Waals surface area contributed by atoms with Crippen molar-refractivity contribution in [2.45, 2.75) is 4.90 Å². The second-order valence-corrected chi connectivity index (χ2v) is 5.43. The van der Waals surface area contributed by atoms with Crippen molar-refractivity contribution in [1.82, 2.24) is 0 Å². The third-order valence-electron chi connectivity index (χ3n) is 2.50. The minimum Gasteiger partial charge on any atom is -0.288 e. The lowest BCUT2D eigenvalue weighted by Crippen LogP contribution is -2.05. The van der Waals surface area contributed by atoms with Gasteiger partial charge < -0.3 is 0 Å². The summed E-state index contributed by atoms with van der Waals surface area (Å²) >= 11 is 4.58. The largest absolute Gasteiger partial charge is 0.288 e. The maximum absolute atomic E-state index is 14.1. The summed E-state index contributed by atoms with van der Waals surface area (Å²) in [5.41, 5.74) is 0.585. The fraction of sp³-hybridized carbons (Fsp3) is 0.0714. The number of carbonyl (C=O) groups is 1. The van der Waals surface area contributed by atoms with Gasteiger partial charge in [0.1, 0.15) is 5.82 Å². The van der Waals surface area contributed by atoms with Crippen LogP contribution < -0.4 is 0 Å². The van der Waals surface area contributed by atoms with Crippen LogP contribution in [0.3, 0.4) is 0 Å². The molecule has 18 heavy (non-hydrogen) atoms. The molecule has 0 atom stereocenters. The monoisotopic (exact) mass is 324 g/mol. The Morgan fingerprint density at radius 1 is 1.22 bits per heavy atom. The van der Waals surface area contributed by atoms with Crippen LogP contribution in [0.4, 0.5) is 4.39 Å². The Kier molecular flexibility index (Phi) is 4.19. The molecular formula is C14H10BrFOS. The molecule has 0 aliphatic heterocycles. The number of hydrogen-bond acceptors (Lipinski definition) is 2. The van der Waals surface area contributed by atoms with Gasteiger partial charge in [-0.3, -0.25) is 4.79 Å². The Labute approximate surface area is 118 Å². The summed E-state index contributed by atoms with van der Waals surface area (Å²) in [5, 5.41) is 0. The average molecular weight is 325 g/mol. The predicted octanol–water partition coefficient (Wildman–Crippen LogP) is 4.54. The van der Waals surface area contributed by atoms with Gasteiger partial charge in [-0.25, -0.2) is 4.39 Å². The quantitative estimate of drug-likeness (QED) is 0.609. The van der Waals surface area contributed by atoms with Gasteiger partial charge in [-0.05, 0) is 18.4 Å². The highest BCUT2D eigenvalue weighted by atomic mass is 79.9. The summed E-state index contributed by atoms with van der Waals surface area (Å²) in [5.74, 6) is -0.760. The zero-order valence-electron chi connectivity index (χ0n) is 9.61. The van der Waals surface area contributed by atoms with Crippen LogP contribution >= 0.6 is 27.7 Å². The predicted molar refractivity (Wildman–Crippen MR) is 75.8 cm³/mol. The topological polar surface area (TPSA) is 17.1 Å². The molecule has 0 saturated heterocycles. The van der Waals surface area contributed by atoms with Crippen LogP contribution in [0.2, 0.25) is 0 Å². The van der Waals surface area contributed by atoms with Crippen molar-refractivity contribution in [3.63, 3.8) is 0 Å². The van der Waals surface area contributed by atoms with E-state index in [1.807, 2.05) is 6.07 Å². The molecule has 0 aromatic heterocycles. The van der Waals surface area contributed by atoms with Crippen LogP contribution in [0, 0.1) is 5.82 Å². The zero-order valence-corrected chi connectivity index (χ0v) is 12.0. The zero-order chi connectivity index (χ0) is 13.1. The average Bonchev–Trinajstić information content (AvgIpc) is 2.41. The normalized spacial score (nSPS) is 10.4. The third-order valence-corrected chi connectivity index (χ3v) is 3.70. The second kappa shape index (κ2) is 5.67. The molecule has 2 rings (SSSR count). The maximum Gasteiger partial charge on any atom is 0.196 e. The highest BCUT2D eigenvalue weighted by Crippen LogP contribution is 2.28.